The van der Waals surface area contributed by atoms with E-state index >= 15 is 0 Å². The maximum Gasteiger partial charge on any atom is 0.182 e. The van der Waals surface area contributed by atoms with Gasteiger partial charge in [0, 0.05) is 32.5 Å². The number of aromatic nitrogens is 6. The van der Waals surface area contributed by atoms with Gasteiger partial charge in [-0.3, -0.25) is 4.68 Å². The van der Waals surface area contributed by atoms with Gasteiger partial charge in [0.15, 0.2) is 11.5 Å². The summed E-state index contributed by atoms with van der Waals surface area (Å²) in [7, 11) is 2.02. The van der Waals surface area contributed by atoms with Crippen molar-refractivity contribution in [2.75, 3.05) is 18.5 Å². The molecule has 3 rings (SSSR count). The topological polar surface area (TPSA) is 75.5 Å². The normalized spacial score (nSPS) is 11.0. The van der Waals surface area contributed by atoms with E-state index in [2.05, 4.69) is 29.9 Å². The Morgan fingerprint density at radius 1 is 1.32 bits per heavy atom. The highest BCUT2D eigenvalue weighted by Crippen LogP contribution is 2.18. The highest BCUT2D eigenvalue weighted by atomic mass is 15.3. The number of anilines is 1. The molecular formula is C12H15N7. The third kappa shape index (κ3) is 2.40. The minimum atomic E-state index is 0.698. The largest absolute Gasteiger partial charge is 0.358 e. The first-order valence-corrected chi connectivity index (χ1v) is 6.17. The predicted octanol–water partition coefficient (Wildman–Crippen LogP) is 1.08. The lowest BCUT2D eigenvalue weighted by atomic mass is 10.3. The molecule has 98 valence electrons. The molecule has 0 radical (unpaired) electrons. The van der Waals surface area contributed by atoms with Gasteiger partial charge in [0.1, 0.15) is 11.8 Å². The number of hydrogen-bond donors (Lipinski definition) is 1. The van der Waals surface area contributed by atoms with Crippen LogP contribution in [0.2, 0.25) is 0 Å². The summed E-state index contributed by atoms with van der Waals surface area (Å²) >= 11 is 0. The quantitative estimate of drug-likeness (QED) is 0.740. The van der Waals surface area contributed by atoms with Gasteiger partial charge >= 0.3 is 0 Å². The summed E-state index contributed by atoms with van der Waals surface area (Å²) in [4.78, 5) is 17.7. The number of aromatic amines is 1. The number of imidazole rings is 1. The summed E-state index contributed by atoms with van der Waals surface area (Å²) in [5.74, 6) is 0.878. The van der Waals surface area contributed by atoms with E-state index in [0.717, 1.165) is 30.8 Å². The molecule has 0 saturated heterocycles. The van der Waals surface area contributed by atoms with E-state index in [1.54, 1.807) is 18.9 Å². The van der Waals surface area contributed by atoms with Crippen LogP contribution in [0.4, 0.5) is 5.82 Å². The number of hydrogen-bond acceptors (Lipinski definition) is 5. The summed E-state index contributed by atoms with van der Waals surface area (Å²) in [6, 6.07) is 1.93. The first-order chi connectivity index (χ1) is 9.34. The second kappa shape index (κ2) is 5.05. The Morgan fingerprint density at radius 3 is 3.11 bits per heavy atom. The summed E-state index contributed by atoms with van der Waals surface area (Å²) in [6.45, 7) is 1.79. The van der Waals surface area contributed by atoms with Gasteiger partial charge in [0.05, 0.1) is 6.33 Å². The Morgan fingerprint density at radius 2 is 2.26 bits per heavy atom. The minimum absolute atomic E-state index is 0.698. The van der Waals surface area contributed by atoms with Crippen molar-refractivity contribution in [3.63, 3.8) is 0 Å². The predicted molar refractivity (Wildman–Crippen MR) is 71.8 cm³/mol. The van der Waals surface area contributed by atoms with Crippen LogP contribution in [0.15, 0.2) is 31.1 Å². The monoisotopic (exact) mass is 257 g/mol. The molecule has 19 heavy (non-hydrogen) atoms. The Bertz CT molecular complexity index is 643. The number of H-pyrrole nitrogens is 1. The molecule has 0 bridgehead atoms. The fourth-order valence-corrected chi connectivity index (χ4v) is 2.05. The smallest absolute Gasteiger partial charge is 0.182 e. The molecule has 0 aliphatic heterocycles. The van der Waals surface area contributed by atoms with Gasteiger partial charge in [-0.1, -0.05) is 0 Å². The number of fused-ring (bicyclic) bond motifs is 1. The van der Waals surface area contributed by atoms with Crippen molar-refractivity contribution in [1.82, 2.24) is 29.7 Å². The van der Waals surface area contributed by atoms with Crippen molar-refractivity contribution in [2.45, 2.75) is 13.0 Å². The molecule has 3 aromatic heterocycles. The van der Waals surface area contributed by atoms with Gasteiger partial charge in [-0.2, -0.15) is 5.10 Å². The molecule has 0 aliphatic carbocycles. The molecule has 1 N–H and O–H groups in total. The van der Waals surface area contributed by atoms with Crippen LogP contribution in [0, 0.1) is 0 Å². The van der Waals surface area contributed by atoms with E-state index < -0.39 is 0 Å². The maximum atomic E-state index is 4.32. The van der Waals surface area contributed by atoms with Crippen molar-refractivity contribution >= 4 is 17.0 Å². The Balaban J connectivity index is 1.66. The fraction of sp³-hybridized carbons (Fsp3) is 0.333. The first kappa shape index (κ1) is 11.6. The third-order valence-electron chi connectivity index (χ3n) is 3.00. The molecule has 0 aromatic carbocycles. The van der Waals surface area contributed by atoms with Crippen LogP contribution < -0.4 is 4.90 Å². The van der Waals surface area contributed by atoms with Gasteiger partial charge < -0.3 is 9.88 Å². The lowest BCUT2D eigenvalue weighted by Gasteiger charge is -2.18. The SMILES string of the molecule is CN(CCCn1cccn1)c1ncnc2nc[nH]c12. The van der Waals surface area contributed by atoms with Crippen LogP contribution in [-0.2, 0) is 6.54 Å². The lowest BCUT2D eigenvalue weighted by Crippen LogP contribution is -2.21. The van der Waals surface area contributed by atoms with E-state index in [4.69, 9.17) is 0 Å². The average molecular weight is 257 g/mol. The minimum Gasteiger partial charge on any atom is -0.358 e. The Labute approximate surface area is 110 Å². The molecule has 0 unspecified atom stereocenters. The maximum absolute atomic E-state index is 4.32. The van der Waals surface area contributed by atoms with Gasteiger partial charge in [-0.05, 0) is 12.5 Å². The summed E-state index contributed by atoms with van der Waals surface area (Å²) in [6.07, 6.45) is 7.95. The molecule has 7 heteroatoms. The molecule has 0 atom stereocenters. The van der Waals surface area contributed by atoms with E-state index in [0.29, 0.717) is 5.65 Å². The average Bonchev–Trinajstić information content (AvgIpc) is 3.08. The van der Waals surface area contributed by atoms with Gasteiger partial charge in [0.2, 0.25) is 0 Å². The zero-order valence-electron chi connectivity index (χ0n) is 10.7. The van der Waals surface area contributed by atoms with Crippen molar-refractivity contribution in [3.8, 4) is 0 Å². The summed E-state index contributed by atoms with van der Waals surface area (Å²) in [5, 5.41) is 4.18. The van der Waals surface area contributed by atoms with Crippen molar-refractivity contribution in [2.24, 2.45) is 0 Å². The number of aryl methyl sites for hydroxylation is 1. The third-order valence-corrected chi connectivity index (χ3v) is 3.00. The summed E-state index contributed by atoms with van der Waals surface area (Å²) in [5.41, 5.74) is 1.58. The van der Waals surface area contributed by atoms with Crippen LogP contribution in [-0.4, -0.2) is 43.3 Å². The number of nitrogens with zero attached hydrogens (tertiary/aromatic N) is 6. The lowest BCUT2D eigenvalue weighted by molar-refractivity contribution is 0.577. The van der Waals surface area contributed by atoms with Crippen LogP contribution in [0.3, 0.4) is 0 Å². The number of rotatable bonds is 5. The van der Waals surface area contributed by atoms with Crippen LogP contribution in [0.25, 0.3) is 11.2 Å². The molecule has 3 heterocycles. The van der Waals surface area contributed by atoms with Gasteiger partial charge in [-0.15, -0.1) is 0 Å². The highest BCUT2D eigenvalue weighted by molar-refractivity contribution is 5.82. The molecule has 3 aromatic rings. The number of nitrogens with one attached hydrogen (secondary N) is 1. The zero-order valence-corrected chi connectivity index (χ0v) is 10.7. The van der Waals surface area contributed by atoms with Crippen molar-refractivity contribution < 1.29 is 0 Å². The Hall–Kier alpha value is -2.44. The van der Waals surface area contributed by atoms with E-state index in [9.17, 15) is 0 Å². The van der Waals surface area contributed by atoms with E-state index in [-0.39, 0.29) is 0 Å². The van der Waals surface area contributed by atoms with Crippen molar-refractivity contribution in [1.29, 1.82) is 0 Å². The molecule has 0 spiro atoms. The second-order valence-electron chi connectivity index (χ2n) is 4.34. The van der Waals surface area contributed by atoms with E-state index in [1.807, 2.05) is 24.0 Å². The second-order valence-corrected chi connectivity index (χ2v) is 4.34. The highest BCUT2D eigenvalue weighted by Gasteiger charge is 2.09. The molecule has 0 saturated carbocycles. The molecule has 0 amide bonds. The fourth-order valence-electron chi connectivity index (χ4n) is 2.05. The van der Waals surface area contributed by atoms with Crippen LogP contribution >= 0.6 is 0 Å². The summed E-state index contributed by atoms with van der Waals surface area (Å²) < 4.78 is 1.93. The first-order valence-electron chi connectivity index (χ1n) is 6.17. The molecular weight excluding hydrogens is 242 g/mol. The van der Waals surface area contributed by atoms with Crippen LogP contribution in [0.5, 0.6) is 0 Å². The zero-order chi connectivity index (χ0) is 13.1. The van der Waals surface area contributed by atoms with Crippen LogP contribution in [0.1, 0.15) is 6.42 Å². The molecule has 0 aliphatic rings. The standard InChI is InChI=1S/C12H15N7/c1-18(5-3-7-19-6-2-4-17-19)12-10-11(14-8-13-10)15-9-16-12/h2,4,6,8-9H,3,5,7H2,1H3,(H,13,14,15,16). The van der Waals surface area contributed by atoms with Gasteiger partial charge in [0.25, 0.3) is 0 Å². The molecule has 0 fully saturated rings. The Kier molecular flexibility index (Phi) is 3.09. The van der Waals surface area contributed by atoms with Gasteiger partial charge in [-0.25, -0.2) is 15.0 Å². The van der Waals surface area contributed by atoms with E-state index in [1.165, 1.54) is 0 Å². The molecule has 7 nitrogen and oxygen atoms in total. The van der Waals surface area contributed by atoms with Crippen molar-refractivity contribution in [3.05, 3.63) is 31.1 Å².